The third kappa shape index (κ3) is 2.38. The van der Waals surface area contributed by atoms with Crippen molar-refractivity contribution in [1.29, 1.82) is 0 Å². The van der Waals surface area contributed by atoms with Crippen LogP contribution in [0.5, 0.6) is 0 Å². The molecule has 20 heavy (non-hydrogen) atoms. The first kappa shape index (κ1) is 14.4. The Hall–Kier alpha value is -1.96. The summed E-state index contributed by atoms with van der Waals surface area (Å²) in [6, 6.07) is 2.86. The van der Waals surface area contributed by atoms with Crippen molar-refractivity contribution in [2.75, 3.05) is 0 Å². The zero-order valence-electron chi connectivity index (χ0n) is 10.7. The van der Waals surface area contributed by atoms with Crippen LogP contribution in [-0.4, -0.2) is 28.4 Å². The lowest BCUT2D eigenvalue weighted by atomic mass is 9.75. The summed E-state index contributed by atoms with van der Waals surface area (Å²) in [6.07, 6.45) is 0.120. The number of hydrogen-bond donors (Lipinski definition) is 3. The van der Waals surface area contributed by atoms with Crippen LogP contribution in [0.1, 0.15) is 35.6 Å². The first-order valence-electron chi connectivity index (χ1n) is 6.04. The molecule has 1 aromatic heterocycles. The van der Waals surface area contributed by atoms with E-state index >= 15 is 0 Å². The fraction of sp³-hybridized carbons (Fsp3) is 0.500. The molecule has 1 aromatic rings. The van der Waals surface area contributed by atoms with E-state index in [9.17, 15) is 23.5 Å². The predicted octanol–water partition coefficient (Wildman–Crippen LogP) is 0.899. The highest BCUT2D eigenvalue weighted by Crippen LogP contribution is 2.44. The second kappa shape index (κ2) is 4.86. The van der Waals surface area contributed by atoms with Gasteiger partial charge in [-0.05, 0) is 38.3 Å². The molecule has 0 aromatic carbocycles. The summed E-state index contributed by atoms with van der Waals surface area (Å²) in [7, 11) is 0. The maximum absolute atomic E-state index is 13.7. The second-order valence-corrected chi connectivity index (χ2v) is 4.78. The number of halogens is 2. The highest BCUT2D eigenvalue weighted by Gasteiger charge is 2.61. The molecule has 0 radical (unpaired) electrons. The Morgan fingerprint density at radius 1 is 1.35 bits per heavy atom. The van der Waals surface area contributed by atoms with Gasteiger partial charge in [0.15, 0.2) is 5.76 Å². The molecule has 2 amide bonds. The molecule has 0 bridgehead atoms. The van der Waals surface area contributed by atoms with Gasteiger partial charge in [-0.1, -0.05) is 0 Å². The molecule has 1 aliphatic rings. The van der Waals surface area contributed by atoms with E-state index in [1.54, 1.807) is 12.3 Å². The third-order valence-corrected chi connectivity index (χ3v) is 3.30. The molecule has 2 rings (SSSR count). The molecular formula is C12H14F2N2O4. The van der Waals surface area contributed by atoms with E-state index in [0.717, 1.165) is 0 Å². The Balaban J connectivity index is 1.93. The zero-order chi connectivity index (χ0) is 15.0. The molecule has 0 atom stereocenters. The normalized spacial score (nSPS) is 17.2. The van der Waals surface area contributed by atoms with E-state index in [-0.39, 0.29) is 18.6 Å². The van der Waals surface area contributed by atoms with E-state index in [2.05, 4.69) is 0 Å². The Labute approximate surface area is 113 Å². The number of nitrogens with one attached hydrogen (secondary N) is 2. The fourth-order valence-corrected chi connectivity index (χ4v) is 1.85. The summed E-state index contributed by atoms with van der Waals surface area (Å²) in [6.45, 7) is 1.61. The van der Waals surface area contributed by atoms with Gasteiger partial charge in [0.2, 0.25) is 0 Å². The van der Waals surface area contributed by atoms with Crippen LogP contribution in [0.3, 0.4) is 0 Å². The van der Waals surface area contributed by atoms with Gasteiger partial charge >= 0.3 is 17.7 Å². The lowest BCUT2D eigenvalue weighted by Gasteiger charge is -2.41. The van der Waals surface area contributed by atoms with Crippen LogP contribution in [0, 0.1) is 6.92 Å². The average molecular weight is 288 g/mol. The minimum absolute atomic E-state index is 0.117. The van der Waals surface area contributed by atoms with Gasteiger partial charge in [-0.15, -0.1) is 0 Å². The lowest BCUT2D eigenvalue weighted by Crippen LogP contribution is -2.62. The van der Waals surface area contributed by atoms with E-state index in [1.165, 1.54) is 12.1 Å². The summed E-state index contributed by atoms with van der Waals surface area (Å²) >= 11 is 0. The summed E-state index contributed by atoms with van der Waals surface area (Å²) in [5, 5.41) is 9.55. The molecule has 0 aliphatic heterocycles. The van der Waals surface area contributed by atoms with Crippen molar-refractivity contribution in [1.82, 2.24) is 10.9 Å². The molecule has 0 spiro atoms. The number of amides is 2. The minimum Gasteiger partial charge on any atom is -0.456 e. The van der Waals surface area contributed by atoms with Crippen molar-refractivity contribution < 1.29 is 27.9 Å². The number of alkyl halides is 2. The minimum atomic E-state index is -3.96. The number of aryl methyl sites for hydroxylation is 1. The SMILES string of the molecule is Cc1ccc(C(=O)NNC(=O)C(F)(F)C2(O)CCC2)o1. The number of carbonyl (C=O) groups excluding carboxylic acids is 2. The summed E-state index contributed by atoms with van der Waals surface area (Å²) in [5.41, 5.74) is 1.08. The van der Waals surface area contributed by atoms with Crippen LogP contribution in [-0.2, 0) is 4.79 Å². The monoisotopic (exact) mass is 288 g/mol. The van der Waals surface area contributed by atoms with Gasteiger partial charge in [0.1, 0.15) is 11.4 Å². The number of carbonyl (C=O) groups is 2. The topological polar surface area (TPSA) is 91.6 Å². The largest absolute Gasteiger partial charge is 0.456 e. The predicted molar refractivity (Wildman–Crippen MR) is 62.8 cm³/mol. The number of rotatable bonds is 3. The molecule has 1 fully saturated rings. The van der Waals surface area contributed by atoms with Crippen molar-refractivity contribution in [2.45, 2.75) is 37.7 Å². The number of aliphatic hydroxyl groups is 1. The molecule has 0 unspecified atom stereocenters. The van der Waals surface area contributed by atoms with Gasteiger partial charge in [-0.25, -0.2) is 0 Å². The first-order chi connectivity index (χ1) is 9.26. The van der Waals surface area contributed by atoms with Crippen LogP contribution in [0.25, 0.3) is 0 Å². The Kier molecular flexibility index (Phi) is 3.51. The van der Waals surface area contributed by atoms with Crippen LogP contribution >= 0.6 is 0 Å². The van der Waals surface area contributed by atoms with E-state index < -0.39 is 23.3 Å². The van der Waals surface area contributed by atoms with Crippen molar-refractivity contribution in [3.8, 4) is 0 Å². The average Bonchev–Trinajstić information content (AvgIpc) is 2.79. The summed E-state index contributed by atoms with van der Waals surface area (Å²) in [4.78, 5) is 22.9. The van der Waals surface area contributed by atoms with E-state index in [1.807, 2.05) is 5.43 Å². The van der Waals surface area contributed by atoms with Crippen molar-refractivity contribution in [3.63, 3.8) is 0 Å². The first-order valence-corrected chi connectivity index (χ1v) is 6.04. The lowest BCUT2D eigenvalue weighted by molar-refractivity contribution is -0.216. The van der Waals surface area contributed by atoms with Gasteiger partial charge in [0.05, 0.1) is 0 Å². The molecule has 3 N–H and O–H groups in total. The Bertz CT molecular complexity index is 537. The van der Waals surface area contributed by atoms with Crippen molar-refractivity contribution in [2.24, 2.45) is 0 Å². The molecule has 110 valence electrons. The highest BCUT2D eigenvalue weighted by molar-refractivity contribution is 5.94. The van der Waals surface area contributed by atoms with Gasteiger partial charge in [0.25, 0.3) is 0 Å². The maximum atomic E-state index is 13.7. The van der Waals surface area contributed by atoms with Crippen LogP contribution < -0.4 is 10.9 Å². The molecule has 8 heteroatoms. The second-order valence-electron chi connectivity index (χ2n) is 4.78. The van der Waals surface area contributed by atoms with Crippen molar-refractivity contribution in [3.05, 3.63) is 23.7 Å². The standard InChI is InChI=1S/C12H14F2N2O4/c1-7-3-4-8(20-7)9(17)15-16-10(18)12(13,14)11(19)5-2-6-11/h3-4,19H,2,5-6H2,1H3,(H,15,17)(H,16,18). The van der Waals surface area contributed by atoms with Crippen LogP contribution in [0.15, 0.2) is 16.5 Å². The molecule has 1 heterocycles. The molecule has 1 aliphatic carbocycles. The maximum Gasteiger partial charge on any atom is 0.354 e. The Morgan fingerprint density at radius 2 is 2.00 bits per heavy atom. The van der Waals surface area contributed by atoms with Gasteiger partial charge < -0.3 is 9.52 Å². The quantitative estimate of drug-likeness (QED) is 0.721. The van der Waals surface area contributed by atoms with Crippen molar-refractivity contribution >= 4 is 11.8 Å². The molecule has 0 saturated heterocycles. The van der Waals surface area contributed by atoms with Gasteiger partial charge in [-0.2, -0.15) is 8.78 Å². The zero-order valence-corrected chi connectivity index (χ0v) is 10.7. The molecule has 6 nitrogen and oxygen atoms in total. The molecule has 1 saturated carbocycles. The molecular weight excluding hydrogens is 274 g/mol. The highest BCUT2D eigenvalue weighted by atomic mass is 19.3. The number of hydrazine groups is 1. The third-order valence-electron chi connectivity index (χ3n) is 3.30. The number of hydrogen-bond acceptors (Lipinski definition) is 4. The summed E-state index contributed by atoms with van der Waals surface area (Å²) < 4.78 is 32.3. The van der Waals surface area contributed by atoms with Gasteiger partial charge in [-0.3, -0.25) is 20.4 Å². The van der Waals surface area contributed by atoms with Gasteiger partial charge in [0, 0.05) is 0 Å². The van der Waals surface area contributed by atoms with Crippen LogP contribution in [0.2, 0.25) is 0 Å². The fourth-order valence-electron chi connectivity index (χ4n) is 1.85. The number of furan rings is 1. The van der Waals surface area contributed by atoms with E-state index in [4.69, 9.17) is 4.42 Å². The smallest absolute Gasteiger partial charge is 0.354 e. The summed E-state index contributed by atoms with van der Waals surface area (Å²) in [5.74, 6) is -6.22. The Morgan fingerprint density at radius 3 is 2.45 bits per heavy atom. The van der Waals surface area contributed by atoms with Crippen LogP contribution in [0.4, 0.5) is 8.78 Å². The van der Waals surface area contributed by atoms with E-state index in [0.29, 0.717) is 12.2 Å².